The number of phenolic OH excluding ortho intramolecular Hbond substituents is 1. The van der Waals surface area contributed by atoms with Crippen molar-refractivity contribution in [3.8, 4) is 23.0 Å². The molecule has 0 radical (unpaired) electrons. The number of nitrogens with one attached hydrogen (secondary N) is 1. The fraction of sp³-hybridized carbons (Fsp3) is 0.0588. The normalized spacial score (nSPS) is 11.7. The van der Waals surface area contributed by atoms with Crippen molar-refractivity contribution in [2.45, 2.75) is 6.61 Å². The van der Waals surface area contributed by atoms with E-state index in [1.165, 1.54) is 12.1 Å². The second kappa shape index (κ2) is 5.99. The summed E-state index contributed by atoms with van der Waals surface area (Å²) in [7, 11) is 0. The predicted octanol–water partition coefficient (Wildman–Crippen LogP) is 4.79. The summed E-state index contributed by atoms with van der Waals surface area (Å²) in [6.45, 7) is 0.238. The molecule has 4 rings (SSSR count). The van der Waals surface area contributed by atoms with Crippen LogP contribution in [0.15, 0.2) is 48.5 Å². The fourth-order valence-corrected chi connectivity index (χ4v) is 3.17. The van der Waals surface area contributed by atoms with Crippen LogP contribution in [0.25, 0.3) is 0 Å². The van der Waals surface area contributed by atoms with E-state index in [4.69, 9.17) is 9.47 Å². The molecule has 2 heterocycles. The van der Waals surface area contributed by atoms with Gasteiger partial charge in [-0.15, -0.1) is 0 Å². The second-order valence-electron chi connectivity index (χ2n) is 5.35. The van der Waals surface area contributed by atoms with E-state index in [9.17, 15) is 15.2 Å². The van der Waals surface area contributed by atoms with Crippen LogP contribution in [-0.2, 0) is 6.61 Å². The van der Waals surface area contributed by atoms with E-state index in [1.54, 1.807) is 30.3 Å². The standard InChI is InChI=1S/C17H12N2O5S/c20-10-1-4-13-15(7-10)24-16-8-11(2-5-14(16)18-13)23-9-12-3-6-17(25-12)19(21)22/h1-8,18,20H,9H2. The minimum Gasteiger partial charge on any atom is -0.508 e. The molecule has 8 heteroatoms. The lowest BCUT2D eigenvalue weighted by molar-refractivity contribution is -0.380. The van der Waals surface area contributed by atoms with Crippen LogP contribution in [0, 0.1) is 10.1 Å². The van der Waals surface area contributed by atoms with Crippen molar-refractivity contribution in [2.24, 2.45) is 0 Å². The summed E-state index contributed by atoms with van der Waals surface area (Å²) < 4.78 is 11.5. The number of anilines is 2. The highest BCUT2D eigenvalue weighted by Crippen LogP contribution is 2.44. The van der Waals surface area contributed by atoms with Gasteiger partial charge in [-0.1, -0.05) is 11.3 Å². The molecule has 2 N–H and O–H groups in total. The second-order valence-corrected chi connectivity index (χ2v) is 6.50. The SMILES string of the molecule is O=[N+]([O-])c1ccc(COc2ccc3c(c2)Oc2cc(O)ccc2N3)s1. The zero-order valence-electron chi connectivity index (χ0n) is 12.8. The molecule has 1 aliphatic rings. The van der Waals surface area contributed by atoms with E-state index < -0.39 is 4.92 Å². The zero-order valence-corrected chi connectivity index (χ0v) is 13.6. The number of ether oxygens (including phenoxy) is 2. The maximum atomic E-state index is 10.7. The lowest BCUT2D eigenvalue weighted by Gasteiger charge is -2.22. The highest BCUT2D eigenvalue weighted by Gasteiger charge is 2.18. The maximum absolute atomic E-state index is 10.7. The number of benzene rings is 2. The molecular weight excluding hydrogens is 344 g/mol. The summed E-state index contributed by atoms with van der Waals surface area (Å²) in [6, 6.07) is 13.4. The summed E-state index contributed by atoms with van der Waals surface area (Å²) in [6.07, 6.45) is 0. The van der Waals surface area contributed by atoms with Crippen molar-refractivity contribution in [1.82, 2.24) is 0 Å². The number of phenols is 1. The summed E-state index contributed by atoms with van der Waals surface area (Å²) in [5.41, 5.74) is 1.56. The molecule has 0 saturated heterocycles. The monoisotopic (exact) mass is 356 g/mol. The average Bonchev–Trinajstić information content (AvgIpc) is 3.07. The molecule has 0 atom stereocenters. The first-order valence-electron chi connectivity index (χ1n) is 7.36. The van der Waals surface area contributed by atoms with E-state index in [0.29, 0.717) is 17.2 Å². The first-order valence-corrected chi connectivity index (χ1v) is 8.18. The molecule has 0 aliphatic carbocycles. The molecule has 0 spiro atoms. The average molecular weight is 356 g/mol. The van der Waals surface area contributed by atoms with Gasteiger partial charge in [0.15, 0.2) is 11.5 Å². The summed E-state index contributed by atoms with van der Waals surface area (Å²) in [4.78, 5) is 11.1. The predicted molar refractivity (Wildman–Crippen MR) is 93.2 cm³/mol. The Morgan fingerprint density at radius 1 is 1.12 bits per heavy atom. The minimum atomic E-state index is -0.417. The number of hydrogen-bond donors (Lipinski definition) is 2. The van der Waals surface area contributed by atoms with Gasteiger partial charge < -0.3 is 19.9 Å². The fourth-order valence-electron chi connectivity index (χ4n) is 2.44. The lowest BCUT2D eigenvalue weighted by Crippen LogP contribution is -2.03. The molecule has 0 amide bonds. The third kappa shape index (κ3) is 3.07. The molecule has 7 nitrogen and oxygen atoms in total. The Kier molecular flexibility index (Phi) is 3.66. The van der Waals surface area contributed by atoms with Crippen LogP contribution >= 0.6 is 11.3 Å². The Bertz CT molecular complexity index is 969. The number of rotatable bonds is 4. The zero-order chi connectivity index (χ0) is 17.4. The molecule has 2 aromatic carbocycles. The van der Waals surface area contributed by atoms with Gasteiger partial charge in [0.1, 0.15) is 18.1 Å². The van der Waals surface area contributed by atoms with E-state index in [-0.39, 0.29) is 17.4 Å². The van der Waals surface area contributed by atoms with Crippen LogP contribution < -0.4 is 14.8 Å². The van der Waals surface area contributed by atoms with Crippen molar-refractivity contribution < 1.29 is 19.5 Å². The van der Waals surface area contributed by atoms with Gasteiger partial charge in [0.05, 0.1) is 16.3 Å². The van der Waals surface area contributed by atoms with Gasteiger partial charge >= 0.3 is 5.00 Å². The highest BCUT2D eigenvalue weighted by atomic mass is 32.1. The Morgan fingerprint density at radius 2 is 1.88 bits per heavy atom. The molecule has 1 aromatic heterocycles. The number of nitro groups is 1. The van der Waals surface area contributed by atoms with Crippen molar-refractivity contribution >= 4 is 27.7 Å². The van der Waals surface area contributed by atoms with Gasteiger partial charge in [-0.25, -0.2) is 0 Å². The van der Waals surface area contributed by atoms with Crippen molar-refractivity contribution in [3.05, 3.63) is 63.5 Å². The number of fused-ring (bicyclic) bond motifs is 2. The van der Waals surface area contributed by atoms with Gasteiger partial charge in [0.2, 0.25) is 0 Å². The van der Waals surface area contributed by atoms with Crippen molar-refractivity contribution in [1.29, 1.82) is 0 Å². The quantitative estimate of drug-likeness (QED) is 0.310. The smallest absolute Gasteiger partial charge is 0.324 e. The Labute approximate surface area is 146 Å². The van der Waals surface area contributed by atoms with Crippen LogP contribution in [0.5, 0.6) is 23.0 Å². The largest absolute Gasteiger partial charge is 0.508 e. The van der Waals surface area contributed by atoms with E-state index in [1.807, 2.05) is 6.07 Å². The molecule has 0 saturated carbocycles. The van der Waals surface area contributed by atoms with Crippen LogP contribution in [0.4, 0.5) is 16.4 Å². The van der Waals surface area contributed by atoms with Gasteiger partial charge in [-0.3, -0.25) is 10.1 Å². The number of thiophene rings is 1. The number of aromatic hydroxyl groups is 1. The van der Waals surface area contributed by atoms with E-state index in [0.717, 1.165) is 27.6 Å². The lowest BCUT2D eigenvalue weighted by atomic mass is 10.2. The number of hydrogen-bond acceptors (Lipinski definition) is 7. The summed E-state index contributed by atoms with van der Waals surface area (Å²) in [5.74, 6) is 1.81. The molecule has 25 heavy (non-hydrogen) atoms. The molecule has 0 unspecified atom stereocenters. The van der Waals surface area contributed by atoms with Gasteiger partial charge in [-0.05, 0) is 30.3 Å². The van der Waals surface area contributed by atoms with Crippen LogP contribution in [0.2, 0.25) is 0 Å². The van der Waals surface area contributed by atoms with Crippen LogP contribution in [0.3, 0.4) is 0 Å². The van der Waals surface area contributed by atoms with E-state index in [2.05, 4.69) is 5.32 Å². The Hall–Kier alpha value is -3.26. The molecule has 3 aromatic rings. The van der Waals surface area contributed by atoms with Crippen molar-refractivity contribution in [3.63, 3.8) is 0 Å². The maximum Gasteiger partial charge on any atom is 0.324 e. The Morgan fingerprint density at radius 3 is 2.64 bits per heavy atom. The third-order valence-corrected chi connectivity index (χ3v) is 4.63. The minimum absolute atomic E-state index is 0.0907. The third-order valence-electron chi connectivity index (χ3n) is 3.62. The topological polar surface area (TPSA) is 93.9 Å². The molecular formula is C17H12N2O5S. The summed E-state index contributed by atoms with van der Waals surface area (Å²) >= 11 is 1.09. The molecule has 1 aliphatic heterocycles. The highest BCUT2D eigenvalue weighted by molar-refractivity contribution is 7.15. The van der Waals surface area contributed by atoms with Gasteiger partial charge in [0.25, 0.3) is 0 Å². The number of nitrogens with zero attached hydrogens (tertiary/aromatic N) is 1. The summed E-state index contributed by atoms with van der Waals surface area (Å²) in [5, 5.41) is 23.6. The van der Waals surface area contributed by atoms with Gasteiger partial charge in [-0.2, -0.15) is 0 Å². The molecule has 0 fully saturated rings. The van der Waals surface area contributed by atoms with Gasteiger partial charge in [0, 0.05) is 23.1 Å². The molecule has 126 valence electrons. The first-order chi connectivity index (χ1) is 12.1. The van der Waals surface area contributed by atoms with Crippen LogP contribution in [0.1, 0.15) is 4.88 Å². The van der Waals surface area contributed by atoms with E-state index >= 15 is 0 Å². The van der Waals surface area contributed by atoms with Crippen LogP contribution in [-0.4, -0.2) is 10.0 Å². The Balaban J connectivity index is 1.50. The first kappa shape index (κ1) is 15.3. The molecule has 0 bridgehead atoms. The van der Waals surface area contributed by atoms with Crippen molar-refractivity contribution in [2.75, 3.05) is 5.32 Å².